The summed E-state index contributed by atoms with van der Waals surface area (Å²) in [6, 6.07) is 8.06. The number of hydrogen-bond donors (Lipinski definition) is 2. The van der Waals surface area contributed by atoms with Crippen LogP contribution in [0.25, 0.3) is 0 Å². The van der Waals surface area contributed by atoms with E-state index < -0.39 is 0 Å². The standard InChI is InChI=1S/C16H24N2O2/c1-2-9-17-12-13-3-5-15(6-4-13)18-16(19)14-7-10-20-11-8-14/h3-6,14,17H,2,7-12H2,1H3,(H,18,19). The lowest BCUT2D eigenvalue weighted by Gasteiger charge is -2.21. The Bertz CT molecular complexity index is 411. The van der Waals surface area contributed by atoms with Crippen LogP contribution in [0, 0.1) is 5.92 Å². The molecule has 2 N–H and O–H groups in total. The third-order valence-electron chi connectivity index (χ3n) is 3.57. The van der Waals surface area contributed by atoms with Gasteiger partial charge in [0.25, 0.3) is 0 Å². The molecule has 0 radical (unpaired) electrons. The van der Waals surface area contributed by atoms with Crippen LogP contribution in [0.3, 0.4) is 0 Å². The van der Waals surface area contributed by atoms with Crippen molar-refractivity contribution < 1.29 is 9.53 Å². The van der Waals surface area contributed by atoms with E-state index in [2.05, 4.69) is 29.7 Å². The maximum atomic E-state index is 12.1. The first kappa shape index (κ1) is 15.0. The summed E-state index contributed by atoms with van der Waals surface area (Å²) in [5, 5.41) is 6.35. The molecular formula is C16H24N2O2. The topological polar surface area (TPSA) is 50.4 Å². The molecule has 1 fully saturated rings. The van der Waals surface area contributed by atoms with E-state index in [1.54, 1.807) is 0 Å². The summed E-state index contributed by atoms with van der Waals surface area (Å²) in [5.74, 6) is 0.208. The molecule has 0 saturated carbocycles. The van der Waals surface area contributed by atoms with E-state index in [0.29, 0.717) is 13.2 Å². The molecule has 1 aliphatic rings. The maximum Gasteiger partial charge on any atom is 0.227 e. The second kappa shape index (κ2) is 8.02. The SMILES string of the molecule is CCCNCc1ccc(NC(=O)C2CCOCC2)cc1. The Morgan fingerprint density at radius 3 is 2.60 bits per heavy atom. The van der Waals surface area contributed by atoms with Gasteiger partial charge in [0.2, 0.25) is 5.91 Å². The molecule has 20 heavy (non-hydrogen) atoms. The van der Waals surface area contributed by atoms with Crippen molar-refractivity contribution in [2.24, 2.45) is 5.92 Å². The predicted octanol–water partition coefficient (Wildman–Crippen LogP) is 2.55. The van der Waals surface area contributed by atoms with Crippen molar-refractivity contribution in [3.8, 4) is 0 Å². The molecule has 4 nitrogen and oxygen atoms in total. The summed E-state index contributed by atoms with van der Waals surface area (Å²) in [4.78, 5) is 12.1. The zero-order chi connectivity index (χ0) is 14.2. The van der Waals surface area contributed by atoms with Crippen LogP contribution in [0.15, 0.2) is 24.3 Å². The Kier molecular flexibility index (Phi) is 6.02. The molecule has 2 rings (SSSR count). The number of benzene rings is 1. The summed E-state index contributed by atoms with van der Waals surface area (Å²) in [5.41, 5.74) is 2.11. The van der Waals surface area contributed by atoms with Crippen LogP contribution in [0.4, 0.5) is 5.69 Å². The minimum atomic E-state index is 0.0923. The van der Waals surface area contributed by atoms with Crippen LogP contribution in [0.5, 0.6) is 0 Å². The van der Waals surface area contributed by atoms with Crippen molar-refractivity contribution in [1.29, 1.82) is 0 Å². The highest BCUT2D eigenvalue weighted by molar-refractivity contribution is 5.92. The minimum absolute atomic E-state index is 0.0923. The quantitative estimate of drug-likeness (QED) is 0.785. The number of rotatable bonds is 6. The Labute approximate surface area is 120 Å². The third-order valence-corrected chi connectivity index (χ3v) is 3.57. The first-order valence-electron chi connectivity index (χ1n) is 7.48. The van der Waals surface area contributed by atoms with Gasteiger partial charge in [0.15, 0.2) is 0 Å². The predicted molar refractivity (Wildman–Crippen MR) is 80.6 cm³/mol. The molecule has 1 aromatic rings. The molecule has 110 valence electrons. The van der Waals surface area contributed by atoms with Crippen molar-refractivity contribution in [3.05, 3.63) is 29.8 Å². The lowest BCUT2D eigenvalue weighted by atomic mass is 9.99. The van der Waals surface area contributed by atoms with E-state index in [1.807, 2.05) is 12.1 Å². The zero-order valence-electron chi connectivity index (χ0n) is 12.2. The Morgan fingerprint density at radius 2 is 1.95 bits per heavy atom. The molecule has 0 aliphatic carbocycles. The average Bonchev–Trinajstić information content (AvgIpc) is 2.50. The van der Waals surface area contributed by atoms with E-state index in [-0.39, 0.29) is 11.8 Å². The summed E-state index contributed by atoms with van der Waals surface area (Å²) < 4.78 is 5.28. The van der Waals surface area contributed by atoms with Gasteiger partial charge in [-0.25, -0.2) is 0 Å². The second-order valence-corrected chi connectivity index (χ2v) is 5.25. The van der Waals surface area contributed by atoms with Crippen LogP contribution >= 0.6 is 0 Å². The van der Waals surface area contributed by atoms with Gasteiger partial charge in [0.1, 0.15) is 0 Å². The fourth-order valence-electron chi connectivity index (χ4n) is 2.32. The van der Waals surface area contributed by atoms with Crippen LogP contribution < -0.4 is 10.6 Å². The lowest BCUT2D eigenvalue weighted by molar-refractivity contribution is -0.122. The number of amides is 1. The van der Waals surface area contributed by atoms with Crippen LogP contribution in [0.1, 0.15) is 31.7 Å². The molecule has 0 atom stereocenters. The monoisotopic (exact) mass is 276 g/mol. The number of carbonyl (C=O) groups is 1. The maximum absolute atomic E-state index is 12.1. The van der Waals surface area contributed by atoms with E-state index >= 15 is 0 Å². The number of nitrogens with one attached hydrogen (secondary N) is 2. The largest absolute Gasteiger partial charge is 0.381 e. The third kappa shape index (κ3) is 4.62. The van der Waals surface area contributed by atoms with Crippen molar-refractivity contribution in [2.45, 2.75) is 32.7 Å². The average molecular weight is 276 g/mol. The molecular weight excluding hydrogens is 252 g/mol. The fraction of sp³-hybridized carbons (Fsp3) is 0.562. The summed E-state index contributed by atoms with van der Waals surface area (Å²) in [6.07, 6.45) is 2.79. The molecule has 1 aliphatic heterocycles. The van der Waals surface area contributed by atoms with E-state index in [9.17, 15) is 4.79 Å². The van der Waals surface area contributed by atoms with Gasteiger partial charge in [0, 0.05) is 31.4 Å². The van der Waals surface area contributed by atoms with Crippen molar-refractivity contribution in [2.75, 3.05) is 25.1 Å². The molecule has 0 bridgehead atoms. The van der Waals surface area contributed by atoms with Crippen molar-refractivity contribution >= 4 is 11.6 Å². The minimum Gasteiger partial charge on any atom is -0.381 e. The smallest absolute Gasteiger partial charge is 0.227 e. The van der Waals surface area contributed by atoms with Crippen LogP contribution in [0.2, 0.25) is 0 Å². The second-order valence-electron chi connectivity index (χ2n) is 5.25. The van der Waals surface area contributed by atoms with Gasteiger partial charge in [-0.3, -0.25) is 4.79 Å². The van der Waals surface area contributed by atoms with Gasteiger partial charge in [-0.2, -0.15) is 0 Å². The summed E-state index contributed by atoms with van der Waals surface area (Å²) >= 11 is 0. The highest BCUT2D eigenvalue weighted by Crippen LogP contribution is 2.18. The zero-order valence-corrected chi connectivity index (χ0v) is 12.2. The molecule has 0 unspecified atom stereocenters. The van der Waals surface area contributed by atoms with E-state index in [1.165, 1.54) is 5.56 Å². The molecule has 0 aromatic heterocycles. The molecule has 4 heteroatoms. The van der Waals surface area contributed by atoms with Gasteiger partial charge < -0.3 is 15.4 Å². The number of anilines is 1. The number of ether oxygens (including phenoxy) is 1. The van der Waals surface area contributed by atoms with Gasteiger partial charge >= 0.3 is 0 Å². The van der Waals surface area contributed by atoms with Crippen molar-refractivity contribution in [1.82, 2.24) is 5.32 Å². The van der Waals surface area contributed by atoms with Crippen LogP contribution in [-0.2, 0) is 16.1 Å². The Hall–Kier alpha value is -1.39. The molecule has 1 aromatic carbocycles. The van der Waals surface area contributed by atoms with Gasteiger partial charge in [-0.05, 0) is 43.5 Å². The molecule has 1 amide bonds. The van der Waals surface area contributed by atoms with E-state index in [4.69, 9.17) is 4.74 Å². The fourth-order valence-corrected chi connectivity index (χ4v) is 2.32. The molecule has 1 saturated heterocycles. The van der Waals surface area contributed by atoms with Gasteiger partial charge in [-0.15, -0.1) is 0 Å². The normalized spacial score (nSPS) is 16.1. The number of hydrogen-bond acceptors (Lipinski definition) is 3. The Balaban J connectivity index is 1.81. The first-order valence-corrected chi connectivity index (χ1v) is 7.48. The molecule has 0 spiro atoms. The highest BCUT2D eigenvalue weighted by Gasteiger charge is 2.21. The van der Waals surface area contributed by atoms with Gasteiger partial charge in [-0.1, -0.05) is 19.1 Å². The van der Waals surface area contributed by atoms with Gasteiger partial charge in [0.05, 0.1) is 0 Å². The molecule has 1 heterocycles. The highest BCUT2D eigenvalue weighted by atomic mass is 16.5. The summed E-state index contributed by atoms with van der Waals surface area (Å²) in [7, 11) is 0. The first-order chi connectivity index (χ1) is 9.79. The van der Waals surface area contributed by atoms with E-state index in [0.717, 1.165) is 38.0 Å². The van der Waals surface area contributed by atoms with Crippen LogP contribution in [-0.4, -0.2) is 25.7 Å². The Morgan fingerprint density at radius 1 is 1.25 bits per heavy atom. The summed E-state index contributed by atoms with van der Waals surface area (Å²) in [6.45, 7) is 5.45. The number of carbonyl (C=O) groups excluding carboxylic acids is 1. The van der Waals surface area contributed by atoms with Crippen molar-refractivity contribution in [3.63, 3.8) is 0 Å². The lowest BCUT2D eigenvalue weighted by Crippen LogP contribution is -2.28.